The molecule has 1 fully saturated rings. The van der Waals surface area contributed by atoms with Gasteiger partial charge in [-0.15, -0.1) is 0 Å². The molecule has 0 radical (unpaired) electrons. The van der Waals surface area contributed by atoms with Crippen molar-refractivity contribution in [1.29, 1.82) is 0 Å². The Kier molecular flexibility index (Phi) is 5.95. The van der Waals surface area contributed by atoms with Gasteiger partial charge in [-0.1, -0.05) is 37.3 Å². The third-order valence-corrected chi connectivity index (χ3v) is 4.30. The molecule has 5 nitrogen and oxygen atoms in total. The molecule has 0 bridgehead atoms. The molecule has 1 aliphatic rings. The van der Waals surface area contributed by atoms with Crippen LogP contribution in [-0.2, 0) is 9.59 Å². The number of rotatable bonds is 5. The van der Waals surface area contributed by atoms with Crippen molar-refractivity contribution in [1.82, 2.24) is 10.2 Å². The van der Waals surface area contributed by atoms with Crippen molar-refractivity contribution in [3.63, 3.8) is 0 Å². The number of benzene rings is 1. The summed E-state index contributed by atoms with van der Waals surface area (Å²) in [5.74, 6) is 0.531. The zero-order valence-electron chi connectivity index (χ0n) is 13.5. The molecule has 0 aromatic heterocycles. The number of carbonyl (C=O) groups is 2. The molecule has 120 valence electrons. The van der Waals surface area contributed by atoms with Crippen molar-refractivity contribution in [2.45, 2.75) is 19.8 Å². The summed E-state index contributed by atoms with van der Waals surface area (Å²) in [5, 5.41) is 3.02. The first-order valence-corrected chi connectivity index (χ1v) is 7.97. The monoisotopic (exact) mass is 304 g/mol. The Morgan fingerprint density at radius 2 is 1.86 bits per heavy atom. The van der Waals surface area contributed by atoms with Gasteiger partial charge in [0.05, 0.1) is 26.2 Å². The van der Waals surface area contributed by atoms with Crippen molar-refractivity contribution in [3.8, 4) is 0 Å². The molecule has 0 spiro atoms. The first kappa shape index (κ1) is 16.5. The second kappa shape index (κ2) is 7.94. The average Bonchev–Trinajstić information content (AvgIpc) is 2.54. The molecule has 1 saturated heterocycles. The van der Waals surface area contributed by atoms with Crippen LogP contribution in [0, 0.1) is 0 Å². The van der Waals surface area contributed by atoms with E-state index in [0.717, 1.165) is 26.2 Å². The summed E-state index contributed by atoms with van der Waals surface area (Å²) < 4.78 is 0. The summed E-state index contributed by atoms with van der Waals surface area (Å²) in [6.07, 6.45) is 0. The van der Waals surface area contributed by atoms with Crippen LogP contribution in [0.4, 0.5) is 0 Å². The quantitative estimate of drug-likeness (QED) is 0.781. The number of carbonyl (C=O) groups excluding carboxylic acids is 2. The Balaban J connectivity index is 1.69. The molecular weight excluding hydrogens is 278 g/mol. The molecule has 2 amide bonds. The third-order valence-electron chi connectivity index (χ3n) is 4.30. The summed E-state index contributed by atoms with van der Waals surface area (Å²) >= 11 is 0. The molecule has 1 aliphatic heterocycles. The van der Waals surface area contributed by atoms with Crippen molar-refractivity contribution < 1.29 is 14.5 Å². The van der Waals surface area contributed by atoms with Crippen LogP contribution in [0.1, 0.15) is 25.3 Å². The smallest absolute Gasteiger partial charge is 0.275 e. The van der Waals surface area contributed by atoms with Crippen molar-refractivity contribution in [3.05, 3.63) is 35.9 Å². The van der Waals surface area contributed by atoms with E-state index in [2.05, 4.69) is 24.4 Å². The van der Waals surface area contributed by atoms with Crippen LogP contribution in [0.5, 0.6) is 0 Å². The van der Waals surface area contributed by atoms with Crippen molar-refractivity contribution in [2.75, 3.05) is 39.3 Å². The first-order valence-electron chi connectivity index (χ1n) is 7.97. The molecule has 2 N–H and O–H groups in total. The Labute approximate surface area is 132 Å². The standard InChI is InChI=1S/C17H25N3O2/c1-14(16-6-4-3-5-7-16)12-18-17(22)13-19-8-10-20(11-9-19)15(2)21/h3-7,14H,8-13H2,1-2H3,(H,18,22)/p+1/t14-/m1/s1. The van der Waals surface area contributed by atoms with Gasteiger partial charge in [-0.05, 0) is 11.5 Å². The van der Waals surface area contributed by atoms with Gasteiger partial charge in [0.15, 0.2) is 6.54 Å². The lowest BCUT2D eigenvalue weighted by molar-refractivity contribution is -0.896. The fraction of sp³-hybridized carbons (Fsp3) is 0.529. The van der Waals surface area contributed by atoms with Crippen LogP contribution >= 0.6 is 0 Å². The van der Waals surface area contributed by atoms with Crippen LogP contribution < -0.4 is 10.2 Å². The molecule has 1 heterocycles. The van der Waals surface area contributed by atoms with E-state index in [-0.39, 0.29) is 11.8 Å². The minimum absolute atomic E-state index is 0.0917. The van der Waals surface area contributed by atoms with Crippen LogP contribution in [0.25, 0.3) is 0 Å². The Morgan fingerprint density at radius 1 is 1.23 bits per heavy atom. The van der Waals surface area contributed by atoms with E-state index < -0.39 is 0 Å². The highest BCUT2D eigenvalue weighted by molar-refractivity contribution is 5.77. The predicted molar refractivity (Wildman–Crippen MR) is 85.7 cm³/mol. The van der Waals surface area contributed by atoms with E-state index in [1.165, 1.54) is 10.5 Å². The molecule has 1 aromatic carbocycles. The van der Waals surface area contributed by atoms with E-state index in [1.54, 1.807) is 6.92 Å². The molecule has 0 aliphatic carbocycles. The Morgan fingerprint density at radius 3 is 2.45 bits per heavy atom. The predicted octanol–water partition coefficient (Wildman–Crippen LogP) is -0.347. The maximum absolute atomic E-state index is 12.0. The lowest BCUT2D eigenvalue weighted by Gasteiger charge is -2.31. The molecular formula is C17H26N3O2+. The van der Waals surface area contributed by atoms with Gasteiger partial charge in [-0.3, -0.25) is 9.59 Å². The van der Waals surface area contributed by atoms with E-state index in [4.69, 9.17) is 0 Å². The van der Waals surface area contributed by atoms with Gasteiger partial charge >= 0.3 is 0 Å². The molecule has 5 heteroatoms. The topological polar surface area (TPSA) is 53.9 Å². The highest BCUT2D eigenvalue weighted by atomic mass is 16.2. The van der Waals surface area contributed by atoms with E-state index >= 15 is 0 Å². The minimum Gasteiger partial charge on any atom is -0.351 e. The fourth-order valence-electron chi connectivity index (χ4n) is 2.77. The lowest BCUT2D eigenvalue weighted by Crippen LogP contribution is -3.15. The number of amides is 2. The molecule has 22 heavy (non-hydrogen) atoms. The van der Waals surface area contributed by atoms with Gasteiger partial charge in [-0.2, -0.15) is 0 Å². The summed E-state index contributed by atoms with van der Waals surface area (Å²) in [6, 6.07) is 10.2. The fourth-order valence-corrected chi connectivity index (χ4v) is 2.77. The Hall–Kier alpha value is -1.88. The number of hydrogen-bond donors (Lipinski definition) is 2. The molecule has 0 unspecified atom stereocenters. The van der Waals surface area contributed by atoms with Crippen LogP contribution in [0.15, 0.2) is 30.3 Å². The van der Waals surface area contributed by atoms with Gasteiger partial charge in [0.1, 0.15) is 0 Å². The molecule has 1 atom stereocenters. The number of piperazine rings is 1. The number of quaternary nitrogens is 1. The summed E-state index contributed by atoms with van der Waals surface area (Å²) in [4.78, 5) is 26.4. The first-order chi connectivity index (χ1) is 10.6. The van der Waals surface area contributed by atoms with Gasteiger partial charge < -0.3 is 15.1 Å². The average molecular weight is 304 g/mol. The molecule has 0 saturated carbocycles. The van der Waals surface area contributed by atoms with Gasteiger partial charge in [0.25, 0.3) is 5.91 Å². The minimum atomic E-state index is 0.0917. The SMILES string of the molecule is CC(=O)N1CC[NH+](CC(=O)NC[C@@H](C)c2ccccc2)CC1. The summed E-state index contributed by atoms with van der Waals surface area (Å²) in [7, 11) is 0. The molecule has 1 aromatic rings. The van der Waals surface area contributed by atoms with Crippen molar-refractivity contribution >= 4 is 11.8 Å². The largest absolute Gasteiger partial charge is 0.351 e. The van der Waals surface area contributed by atoms with E-state index in [0.29, 0.717) is 19.0 Å². The lowest BCUT2D eigenvalue weighted by atomic mass is 10.0. The second-order valence-electron chi connectivity index (χ2n) is 6.05. The van der Waals surface area contributed by atoms with Crippen LogP contribution in [0.3, 0.4) is 0 Å². The number of hydrogen-bond acceptors (Lipinski definition) is 2. The van der Waals surface area contributed by atoms with Crippen LogP contribution in [-0.4, -0.2) is 56.0 Å². The zero-order chi connectivity index (χ0) is 15.9. The normalized spacial score (nSPS) is 17.1. The van der Waals surface area contributed by atoms with Gasteiger partial charge in [0, 0.05) is 13.5 Å². The highest BCUT2D eigenvalue weighted by Crippen LogP contribution is 2.12. The summed E-state index contributed by atoms with van der Waals surface area (Å²) in [5.41, 5.74) is 1.24. The molecule has 2 rings (SSSR count). The second-order valence-corrected chi connectivity index (χ2v) is 6.05. The Bertz CT molecular complexity index is 496. The van der Waals surface area contributed by atoms with Gasteiger partial charge in [-0.25, -0.2) is 0 Å². The third kappa shape index (κ3) is 4.84. The number of nitrogens with zero attached hydrogens (tertiary/aromatic N) is 1. The van der Waals surface area contributed by atoms with E-state index in [1.807, 2.05) is 23.1 Å². The highest BCUT2D eigenvalue weighted by Gasteiger charge is 2.23. The maximum atomic E-state index is 12.0. The zero-order valence-corrected chi connectivity index (χ0v) is 13.5. The number of nitrogens with one attached hydrogen (secondary N) is 2. The summed E-state index contributed by atoms with van der Waals surface area (Å²) in [6.45, 7) is 8.07. The van der Waals surface area contributed by atoms with E-state index in [9.17, 15) is 9.59 Å². The van der Waals surface area contributed by atoms with Crippen molar-refractivity contribution in [2.24, 2.45) is 0 Å². The maximum Gasteiger partial charge on any atom is 0.275 e. The van der Waals surface area contributed by atoms with Crippen LogP contribution in [0.2, 0.25) is 0 Å². The van der Waals surface area contributed by atoms with Gasteiger partial charge in [0.2, 0.25) is 5.91 Å².